The van der Waals surface area contributed by atoms with Crippen LogP contribution in [0.15, 0.2) is 5.38 Å². The van der Waals surface area contributed by atoms with E-state index in [0.717, 1.165) is 24.4 Å². The quantitative estimate of drug-likeness (QED) is 0.774. The molecular formula is C13H22ClNS. The summed E-state index contributed by atoms with van der Waals surface area (Å²) in [7, 11) is 0. The summed E-state index contributed by atoms with van der Waals surface area (Å²) in [6, 6.07) is 0.422. The van der Waals surface area contributed by atoms with E-state index in [1.54, 1.807) is 11.3 Å². The number of hydrogen-bond donors (Lipinski definition) is 1. The zero-order valence-electron chi connectivity index (χ0n) is 10.6. The second-order valence-corrected chi connectivity index (χ2v) is 6.02. The van der Waals surface area contributed by atoms with Crippen molar-refractivity contribution in [1.82, 2.24) is 5.32 Å². The van der Waals surface area contributed by atoms with Crippen molar-refractivity contribution in [2.75, 3.05) is 6.54 Å². The molecule has 3 heteroatoms. The molecule has 0 saturated carbocycles. The third kappa shape index (κ3) is 3.76. The van der Waals surface area contributed by atoms with Crippen molar-refractivity contribution in [3.05, 3.63) is 20.8 Å². The van der Waals surface area contributed by atoms with E-state index < -0.39 is 0 Å². The zero-order chi connectivity index (χ0) is 12.1. The van der Waals surface area contributed by atoms with Gasteiger partial charge in [0.1, 0.15) is 0 Å². The third-order valence-corrected chi connectivity index (χ3v) is 4.42. The number of halogens is 1. The molecule has 1 heterocycles. The van der Waals surface area contributed by atoms with Gasteiger partial charge >= 0.3 is 0 Å². The van der Waals surface area contributed by atoms with Crippen LogP contribution in [0.5, 0.6) is 0 Å². The van der Waals surface area contributed by atoms with E-state index in [9.17, 15) is 0 Å². The van der Waals surface area contributed by atoms with Crippen LogP contribution in [-0.2, 0) is 0 Å². The molecule has 0 fully saturated rings. The number of rotatable bonds is 6. The number of nitrogens with one attached hydrogen (secondary N) is 1. The standard InChI is InChI=1S/C13H22ClNS/c1-5-6-15-11(7-9(2)3)13-12(14)10(4)8-16-13/h8-9,11,15H,5-7H2,1-4H3. The summed E-state index contributed by atoms with van der Waals surface area (Å²) >= 11 is 8.12. The SMILES string of the molecule is CCCNC(CC(C)C)c1scc(C)c1Cl. The Morgan fingerprint density at radius 2 is 2.12 bits per heavy atom. The van der Waals surface area contributed by atoms with E-state index >= 15 is 0 Å². The molecule has 0 saturated heterocycles. The average Bonchev–Trinajstić information content (AvgIpc) is 2.54. The second-order valence-electron chi connectivity index (χ2n) is 4.73. The Bertz CT molecular complexity index is 320. The largest absolute Gasteiger partial charge is 0.309 e. The predicted molar refractivity (Wildman–Crippen MR) is 74.6 cm³/mol. The highest BCUT2D eigenvalue weighted by Gasteiger charge is 2.18. The molecule has 1 aromatic heterocycles. The molecule has 0 aliphatic rings. The fourth-order valence-corrected chi connectivity index (χ4v) is 3.17. The molecule has 16 heavy (non-hydrogen) atoms. The maximum Gasteiger partial charge on any atom is 0.0590 e. The Morgan fingerprint density at radius 3 is 2.56 bits per heavy atom. The lowest BCUT2D eigenvalue weighted by Gasteiger charge is -2.19. The summed E-state index contributed by atoms with van der Waals surface area (Å²) in [6.45, 7) is 9.85. The van der Waals surface area contributed by atoms with Crippen LogP contribution < -0.4 is 5.32 Å². The van der Waals surface area contributed by atoms with Gasteiger partial charge in [-0.15, -0.1) is 11.3 Å². The monoisotopic (exact) mass is 259 g/mol. The van der Waals surface area contributed by atoms with Crippen LogP contribution in [0.1, 0.15) is 50.1 Å². The molecule has 1 rings (SSSR count). The number of thiophene rings is 1. The molecule has 1 nitrogen and oxygen atoms in total. The summed E-state index contributed by atoms with van der Waals surface area (Å²) in [5, 5.41) is 6.71. The molecule has 0 bridgehead atoms. The first kappa shape index (κ1) is 14.0. The molecule has 1 unspecified atom stereocenters. The zero-order valence-corrected chi connectivity index (χ0v) is 12.2. The van der Waals surface area contributed by atoms with Crippen molar-refractivity contribution in [2.45, 2.75) is 46.6 Å². The Kier molecular flexibility index (Phi) is 5.81. The van der Waals surface area contributed by atoms with Crippen LogP contribution in [0, 0.1) is 12.8 Å². The van der Waals surface area contributed by atoms with Crippen molar-refractivity contribution in [3.8, 4) is 0 Å². The first-order valence-corrected chi connectivity index (χ1v) is 7.28. The van der Waals surface area contributed by atoms with Gasteiger partial charge in [-0.3, -0.25) is 0 Å². The molecule has 1 N–H and O–H groups in total. The van der Waals surface area contributed by atoms with Crippen molar-refractivity contribution >= 4 is 22.9 Å². The number of hydrogen-bond acceptors (Lipinski definition) is 2. The summed E-state index contributed by atoms with van der Waals surface area (Å²) in [6.07, 6.45) is 2.32. The molecule has 0 spiro atoms. The minimum Gasteiger partial charge on any atom is -0.309 e. The topological polar surface area (TPSA) is 12.0 Å². The second kappa shape index (κ2) is 6.63. The molecule has 0 aliphatic heterocycles. The van der Waals surface area contributed by atoms with Crippen molar-refractivity contribution in [1.29, 1.82) is 0 Å². The smallest absolute Gasteiger partial charge is 0.0590 e. The Labute approximate surface area is 108 Å². The Balaban J connectivity index is 2.78. The van der Waals surface area contributed by atoms with E-state index in [-0.39, 0.29) is 0 Å². The molecule has 1 atom stereocenters. The average molecular weight is 260 g/mol. The third-order valence-electron chi connectivity index (χ3n) is 2.59. The summed E-state index contributed by atoms with van der Waals surface area (Å²) < 4.78 is 0. The van der Waals surface area contributed by atoms with E-state index in [2.05, 4.69) is 38.4 Å². The van der Waals surface area contributed by atoms with Crippen molar-refractivity contribution in [3.63, 3.8) is 0 Å². The van der Waals surface area contributed by atoms with Gasteiger partial charge in [0.25, 0.3) is 0 Å². The van der Waals surface area contributed by atoms with Crippen LogP contribution in [0.4, 0.5) is 0 Å². The first-order valence-electron chi connectivity index (χ1n) is 6.03. The molecule has 0 aliphatic carbocycles. The predicted octanol–water partition coefficient (Wildman–Crippen LogP) is 4.80. The minimum atomic E-state index is 0.422. The van der Waals surface area contributed by atoms with Gasteiger partial charge in [0.15, 0.2) is 0 Å². The van der Waals surface area contributed by atoms with Crippen LogP contribution >= 0.6 is 22.9 Å². The van der Waals surface area contributed by atoms with Gasteiger partial charge in [-0.2, -0.15) is 0 Å². The molecular weight excluding hydrogens is 238 g/mol. The van der Waals surface area contributed by atoms with Crippen molar-refractivity contribution < 1.29 is 0 Å². The van der Waals surface area contributed by atoms with Crippen LogP contribution in [0.3, 0.4) is 0 Å². The first-order chi connectivity index (χ1) is 7.56. The molecule has 0 radical (unpaired) electrons. The normalized spacial score (nSPS) is 13.4. The Hall–Kier alpha value is -0.0500. The van der Waals surface area contributed by atoms with E-state index in [1.807, 2.05) is 0 Å². The maximum atomic E-state index is 6.34. The van der Waals surface area contributed by atoms with Crippen LogP contribution in [0.2, 0.25) is 5.02 Å². The molecule has 92 valence electrons. The molecule has 0 aromatic carbocycles. The van der Waals surface area contributed by atoms with Gasteiger partial charge < -0.3 is 5.32 Å². The summed E-state index contributed by atoms with van der Waals surface area (Å²) in [5.74, 6) is 0.688. The van der Waals surface area contributed by atoms with E-state index in [1.165, 1.54) is 10.4 Å². The van der Waals surface area contributed by atoms with E-state index in [0.29, 0.717) is 12.0 Å². The lowest BCUT2D eigenvalue weighted by molar-refractivity contribution is 0.435. The maximum absolute atomic E-state index is 6.34. The van der Waals surface area contributed by atoms with Crippen molar-refractivity contribution in [2.24, 2.45) is 5.92 Å². The minimum absolute atomic E-state index is 0.422. The van der Waals surface area contributed by atoms with Crippen LogP contribution in [0.25, 0.3) is 0 Å². The van der Waals surface area contributed by atoms with Crippen LogP contribution in [-0.4, -0.2) is 6.54 Å². The fourth-order valence-electron chi connectivity index (χ4n) is 1.76. The summed E-state index contributed by atoms with van der Waals surface area (Å²) in [4.78, 5) is 1.31. The van der Waals surface area contributed by atoms with Gasteiger partial charge in [-0.25, -0.2) is 0 Å². The van der Waals surface area contributed by atoms with Gasteiger partial charge in [-0.1, -0.05) is 32.4 Å². The van der Waals surface area contributed by atoms with E-state index in [4.69, 9.17) is 11.6 Å². The molecule has 1 aromatic rings. The fraction of sp³-hybridized carbons (Fsp3) is 0.692. The highest BCUT2D eigenvalue weighted by atomic mass is 35.5. The highest BCUT2D eigenvalue weighted by molar-refractivity contribution is 7.10. The van der Waals surface area contributed by atoms with Gasteiger partial charge in [0.05, 0.1) is 5.02 Å². The molecule has 0 amide bonds. The van der Waals surface area contributed by atoms with Gasteiger partial charge in [0.2, 0.25) is 0 Å². The number of aryl methyl sites for hydroxylation is 1. The van der Waals surface area contributed by atoms with Gasteiger partial charge in [-0.05, 0) is 43.2 Å². The summed E-state index contributed by atoms with van der Waals surface area (Å²) in [5.41, 5.74) is 1.20. The van der Waals surface area contributed by atoms with Gasteiger partial charge in [0, 0.05) is 10.9 Å². The highest BCUT2D eigenvalue weighted by Crippen LogP contribution is 2.35. The lowest BCUT2D eigenvalue weighted by Crippen LogP contribution is -2.23. The Morgan fingerprint density at radius 1 is 1.44 bits per heavy atom. The lowest BCUT2D eigenvalue weighted by atomic mass is 10.0.